The van der Waals surface area contributed by atoms with Crippen LogP contribution in [0.25, 0.3) is 0 Å². The Morgan fingerprint density at radius 2 is 1.40 bits per heavy atom. The van der Waals surface area contributed by atoms with Crippen molar-refractivity contribution in [2.24, 2.45) is 5.92 Å². The van der Waals surface area contributed by atoms with Gasteiger partial charge in [-0.1, -0.05) is 44.6 Å². The molecule has 0 nitrogen and oxygen atoms in total. The second-order valence-electron chi connectivity index (χ2n) is 4.65. The van der Waals surface area contributed by atoms with Crippen LogP contribution >= 0.6 is 0 Å². The van der Waals surface area contributed by atoms with Crippen molar-refractivity contribution in [1.82, 2.24) is 0 Å². The van der Waals surface area contributed by atoms with Gasteiger partial charge in [-0.05, 0) is 51.4 Å². The van der Waals surface area contributed by atoms with Gasteiger partial charge in [-0.15, -0.1) is 0 Å². The summed E-state index contributed by atoms with van der Waals surface area (Å²) >= 11 is 0. The number of allylic oxidation sites excluding steroid dienone is 4. The topological polar surface area (TPSA) is 0 Å². The van der Waals surface area contributed by atoms with Crippen LogP contribution in [0.15, 0.2) is 24.3 Å². The maximum absolute atomic E-state index is 2.36. The summed E-state index contributed by atoms with van der Waals surface area (Å²) in [5, 5.41) is 0. The monoisotopic (exact) mass is 208 g/mol. The molecule has 0 unspecified atom stereocenters. The van der Waals surface area contributed by atoms with Crippen molar-refractivity contribution < 1.29 is 0 Å². The van der Waals surface area contributed by atoms with Crippen LogP contribution in [0.3, 0.4) is 0 Å². The molecule has 0 amide bonds. The number of hydrogen-bond acceptors (Lipinski definition) is 0. The van der Waals surface area contributed by atoms with Gasteiger partial charge in [0.15, 0.2) is 0 Å². The Kier molecular flexibility index (Phi) is 11.2. The van der Waals surface area contributed by atoms with Crippen LogP contribution in [0.2, 0.25) is 0 Å². The fourth-order valence-electron chi connectivity index (χ4n) is 1.53. The molecule has 0 N–H and O–H groups in total. The van der Waals surface area contributed by atoms with Gasteiger partial charge >= 0.3 is 0 Å². The summed E-state index contributed by atoms with van der Waals surface area (Å²) in [5.74, 6) is 0.843. The Morgan fingerprint density at radius 3 is 2.00 bits per heavy atom. The minimum absolute atomic E-state index is 0.843. The molecule has 15 heavy (non-hydrogen) atoms. The first-order chi connectivity index (χ1) is 7.27. The smallest absolute Gasteiger partial charge is 0.0348 e. The summed E-state index contributed by atoms with van der Waals surface area (Å²) in [6.07, 6.45) is 18.3. The zero-order chi connectivity index (χ0) is 11.4. The van der Waals surface area contributed by atoms with Crippen LogP contribution in [0, 0.1) is 5.92 Å². The van der Waals surface area contributed by atoms with Gasteiger partial charge in [0.1, 0.15) is 0 Å². The van der Waals surface area contributed by atoms with E-state index in [0.717, 1.165) is 5.92 Å². The molecular formula is C15H28. The van der Waals surface area contributed by atoms with Crippen molar-refractivity contribution >= 4 is 0 Å². The molecule has 0 aliphatic heterocycles. The summed E-state index contributed by atoms with van der Waals surface area (Å²) in [6, 6.07) is 0. The van der Waals surface area contributed by atoms with Crippen LogP contribution < -0.4 is 0 Å². The van der Waals surface area contributed by atoms with Crippen LogP contribution in [0.1, 0.15) is 65.7 Å². The summed E-state index contributed by atoms with van der Waals surface area (Å²) in [7, 11) is 0. The Bertz CT molecular complexity index is 163. The molecule has 0 fully saturated rings. The first-order valence-electron chi connectivity index (χ1n) is 6.53. The average Bonchev–Trinajstić information content (AvgIpc) is 2.20. The molecule has 0 aromatic carbocycles. The molecule has 0 atom stereocenters. The summed E-state index contributed by atoms with van der Waals surface area (Å²) in [5.41, 5.74) is 0. The van der Waals surface area contributed by atoms with E-state index in [1.807, 2.05) is 0 Å². The quantitative estimate of drug-likeness (QED) is 0.346. The fraction of sp³-hybridized carbons (Fsp3) is 0.733. The largest absolute Gasteiger partial charge is 0.0917 e. The molecule has 0 radical (unpaired) electrons. The highest BCUT2D eigenvalue weighted by Gasteiger charge is 1.89. The van der Waals surface area contributed by atoms with Gasteiger partial charge in [-0.25, -0.2) is 0 Å². The molecule has 0 spiro atoms. The van der Waals surface area contributed by atoms with Crippen molar-refractivity contribution in [3.63, 3.8) is 0 Å². The number of rotatable bonds is 9. The highest BCUT2D eigenvalue weighted by atomic mass is 14.0. The van der Waals surface area contributed by atoms with E-state index >= 15 is 0 Å². The molecule has 0 saturated heterocycles. The van der Waals surface area contributed by atoms with Crippen LogP contribution in [0.5, 0.6) is 0 Å². The minimum Gasteiger partial charge on any atom is -0.0917 e. The van der Waals surface area contributed by atoms with E-state index in [1.165, 1.54) is 44.9 Å². The van der Waals surface area contributed by atoms with Gasteiger partial charge in [0.2, 0.25) is 0 Å². The summed E-state index contributed by atoms with van der Waals surface area (Å²) in [6.45, 7) is 6.67. The zero-order valence-corrected chi connectivity index (χ0v) is 10.8. The standard InChI is InChI=1S/C15H28/c1-4-5-6-7-8-9-10-11-12-13-14-15(2)3/h4-5,11-12,15H,6-10,13-14H2,1-3H3. The lowest BCUT2D eigenvalue weighted by Gasteiger charge is -1.99. The normalized spacial score (nSPS) is 12.3. The Labute approximate surface area is 96.5 Å². The third-order valence-corrected chi connectivity index (χ3v) is 2.55. The van der Waals surface area contributed by atoms with Crippen molar-refractivity contribution in [1.29, 1.82) is 0 Å². The molecule has 0 saturated carbocycles. The second-order valence-corrected chi connectivity index (χ2v) is 4.65. The highest BCUT2D eigenvalue weighted by Crippen LogP contribution is 2.07. The third kappa shape index (κ3) is 13.5. The fourth-order valence-corrected chi connectivity index (χ4v) is 1.53. The van der Waals surface area contributed by atoms with Crippen molar-refractivity contribution in [2.75, 3.05) is 0 Å². The number of unbranched alkanes of at least 4 members (excludes halogenated alkanes) is 4. The first kappa shape index (κ1) is 14.5. The third-order valence-electron chi connectivity index (χ3n) is 2.55. The van der Waals surface area contributed by atoms with Crippen molar-refractivity contribution in [3.05, 3.63) is 24.3 Å². The van der Waals surface area contributed by atoms with E-state index in [1.54, 1.807) is 0 Å². The molecule has 0 bridgehead atoms. The van der Waals surface area contributed by atoms with E-state index in [2.05, 4.69) is 45.1 Å². The van der Waals surface area contributed by atoms with E-state index in [4.69, 9.17) is 0 Å². The van der Waals surface area contributed by atoms with Gasteiger partial charge in [-0.3, -0.25) is 0 Å². The van der Waals surface area contributed by atoms with Gasteiger partial charge in [0.05, 0.1) is 0 Å². The first-order valence-corrected chi connectivity index (χ1v) is 6.53. The van der Waals surface area contributed by atoms with Gasteiger partial charge in [0.25, 0.3) is 0 Å². The predicted octanol–water partition coefficient (Wildman–Crippen LogP) is 5.51. The summed E-state index contributed by atoms with van der Waals surface area (Å²) in [4.78, 5) is 0. The SMILES string of the molecule is CC=CCCCCCC=CCCC(C)C. The molecular weight excluding hydrogens is 180 g/mol. The molecule has 0 aliphatic rings. The van der Waals surface area contributed by atoms with E-state index in [0.29, 0.717) is 0 Å². The summed E-state index contributed by atoms with van der Waals surface area (Å²) < 4.78 is 0. The molecule has 0 rings (SSSR count). The van der Waals surface area contributed by atoms with Crippen LogP contribution in [-0.4, -0.2) is 0 Å². The Morgan fingerprint density at radius 1 is 0.800 bits per heavy atom. The van der Waals surface area contributed by atoms with E-state index in [9.17, 15) is 0 Å². The van der Waals surface area contributed by atoms with E-state index in [-0.39, 0.29) is 0 Å². The van der Waals surface area contributed by atoms with E-state index < -0.39 is 0 Å². The Balaban J connectivity index is 3.09. The lowest BCUT2D eigenvalue weighted by Crippen LogP contribution is -1.83. The lowest BCUT2D eigenvalue weighted by molar-refractivity contribution is 0.593. The molecule has 0 heterocycles. The molecule has 0 aromatic heterocycles. The average molecular weight is 208 g/mol. The maximum Gasteiger partial charge on any atom is -0.0348 e. The van der Waals surface area contributed by atoms with Gasteiger partial charge in [0, 0.05) is 0 Å². The molecule has 0 aromatic rings. The van der Waals surface area contributed by atoms with Crippen LogP contribution in [0.4, 0.5) is 0 Å². The van der Waals surface area contributed by atoms with Crippen molar-refractivity contribution in [2.45, 2.75) is 65.7 Å². The van der Waals surface area contributed by atoms with Gasteiger partial charge in [-0.2, -0.15) is 0 Å². The van der Waals surface area contributed by atoms with Crippen molar-refractivity contribution in [3.8, 4) is 0 Å². The second kappa shape index (κ2) is 11.6. The molecule has 0 heteroatoms. The molecule has 88 valence electrons. The maximum atomic E-state index is 2.36. The number of hydrogen-bond donors (Lipinski definition) is 0. The zero-order valence-electron chi connectivity index (χ0n) is 10.8. The Hall–Kier alpha value is -0.520. The highest BCUT2D eigenvalue weighted by molar-refractivity contribution is 4.82. The minimum atomic E-state index is 0.843. The molecule has 0 aliphatic carbocycles. The van der Waals surface area contributed by atoms with Crippen LogP contribution in [-0.2, 0) is 0 Å². The predicted molar refractivity (Wildman–Crippen MR) is 71.1 cm³/mol. The van der Waals surface area contributed by atoms with Gasteiger partial charge < -0.3 is 0 Å². The lowest BCUT2D eigenvalue weighted by atomic mass is 10.1.